The summed E-state index contributed by atoms with van der Waals surface area (Å²) in [6.45, 7) is 4.11. The van der Waals surface area contributed by atoms with Gasteiger partial charge in [0, 0.05) is 12.1 Å². The molecule has 2 nitrogen and oxygen atoms in total. The van der Waals surface area contributed by atoms with Gasteiger partial charge in [-0.1, -0.05) is 24.3 Å². The summed E-state index contributed by atoms with van der Waals surface area (Å²) in [4.78, 5) is 0. The lowest BCUT2D eigenvalue weighted by atomic mass is 9.97. The van der Waals surface area contributed by atoms with Crippen molar-refractivity contribution in [2.75, 3.05) is 13.2 Å². The minimum Gasteiger partial charge on any atom is -0.372 e. The maximum atomic E-state index is 5.87. The van der Waals surface area contributed by atoms with E-state index in [4.69, 9.17) is 4.74 Å². The fourth-order valence-corrected chi connectivity index (χ4v) is 2.35. The van der Waals surface area contributed by atoms with Crippen molar-refractivity contribution in [1.29, 1.82) is 0 Å². The molecule has 1 fully saturated rings. The lowest BCUT2D eigenvalue weighted by Gasteiger charge is -2.27. The monoisotopic (exact) mass is 217 g/mol. The van der Waals surface area contributed by atoms with Crippen molar-refractivity contribution < 1.29 is 4.74 Å². The van der Waals surface area contributed by atoms with Gasteiger partial charge in [0.25, 0.3) is 0 Å². The first-order chi connectivity index (χ1) is 7.77. The lowest BCUT2D eigenvalue weighted by Crippen LogP contribution is -2.34. The first-order valence-electron chi connectivity index (χ1n) is 6.21. The van der Waals surface area contributed by atoms with Crippen LogP contribution >= 0.6 is 0 Å². The normalized spacial score (nSPS) is 26.2. The maximum Gasteiger partial charge on any atom is 0.0952 e. The van der Waals surface area contributed by atoms with Crippen molar-refractivity contribution in [3.8, 4) is 0 Å². The molecule has 1 saturated carbocycles. The van der Waals surface area contributed by atoms with Crippen LogP contribution in [0.25, 0.3) is 0 Å². The van der Waals surface area contributed by atoms with Crippen LogP contribution in [0.2, 0.25) is 0 Å². The third kappa shape index (κ3) is 2.00. The summed E-state index contributed by atoms with van der Waals surface area (Å²) in [6, 6.07) is 8.66. The van der Waals surface area contributed by atoms with Gasteiger partial charge < -0.3 is 10.1 Å². The van der Waals surface area contributed by atoms with Crippen molar-refractivity contribution in [2.24, 2.45) is 0 Å². The lowest BCUT2D eigenvalue weighted by molar-refractivity contribution is 0.0404. The van der Waals surface area contributed by atoms with Crippen LogP contribution < -0.4 is 5.32 Å². The smallest absolute Gasteiger partial charge is 0.0952 e. The molecule has 2 heteroatoms. The summed E-state index contributed by atoms with van der Waals surface area (Å²) in [5.41, 5.74) is 3.24. The molecule has 1 atom stereocenters. The zero-order chi connectivity index (χ0) is 11.0. The Hall–Kier alpha value is -0.860. The van der Waals surface area contributed by atoms with Crippen molar-refractivity contribution in [3.05, 3.63) is 35.4 Å². The number of fused-ring (bicyclic) bond motifs is 1. The molecule has 1 unspecified atom stereocenters. The second kappa shape index (κ2) is 3.86. The molecule has 1 aliphatic heterocycles. The molecule has 86 valence electrons. The quantitative estimate of drug-likeness (QED) is 0.839. The SMILES string of the molecule is CC1(NCC2OCCc3ccccc32)CC1. The van der Waals surface area contributed by atoms with Crippen LogP contribution in [0.15, 0.2) is 24.3 Å². The van der Waals surface area contributed by atoms with Gasteiger partial charge in [-0.3, -0.25) is 0 Å². The van der Waals surface area contributed by atoms with Crippen LogP contribution in [-0.4, -0.2) is 18.7 Å². The molecule has 0 spiro atoms. The molecule has 2 aliphatic rings. The Balaban J connectivity index is 1.71. The highest BCUT2D eigenvalue weighted by Crippen LogP contribution is 2.35. The predicted octanol–water partition coefficient (Wildman–Crippen LogP) is 2.44. The van der Waals surface area contributed by atoms with E-state index in [1.54, 1.807) is 0 Å². The number of nitrogens with one attached hydrogen (secondary N) is 1. The molecule has 0 aromatic heterocycles. The molecule has 3 rings (SSSR count). The minimum atomic E-state index is 0.252. The Labute approximate surface area is 97.0 Å². The molecule has 0 amide bonds. The Morgan fingerprint density at radius 3 is 3.00 bits per heavy atom. The minimum absolute atomic E-state index is 0.252. The first kappa shape index (κ1) is 10.3. The summed E-state index contributed by atoms with van der Waals surface area (Å²) >= 11 is 0. The number of ether oxygens (including phenoxy) is 1. The zero-order valence-corrected chi connectivity index (χ0v) is 9.83. The van der Waals surface area contributed by atoms with Crippen LogP contribution in [-0.2, 0) is 11.2 Å². The van der Waals surface area contributed by atoms with Gasteiger partial charge in [0.1, 0.15) is 0 Å². The molecule has 0 bridgehead atoms. The van der Waals surface area contributed by atoms with Gasteiger partial charge in [-0.2, -0.15) is 0 Å². The van der Waals surface area contributed by atoms with Gasteiger partial charge >= 0.3 is 0 Å². The van der Waals surface area contributed by atoms with Gasteiger partial charge in [0.2, 0.25) is 0 Å². The Bertz CT molecular complexity index is 384. The highest BCUT2D eigenvalue weighted by Gasteiger charge is 2.37. The fraction of sp³-hybridized carbons (Fsp3) is 0.571. The predicted molar refractivity (Wildman–Crippen MR) is 64.5 cm³/mol. The van der Waals surface area contributed by atoms with Crippen molar-refractivity contribution in [3.63, 3.8) is 0 Å². The van der Waals surface area contributed by atoms with E-state index in [1.807, 2.05) is 0 Å². The van der Waals surface area contributed by atoms with E-state index in [9.17, 15) is 0 Å². The number of hydrogen-bond donors (Lipinski definition) is 1. The van der Waals surface area contributed by atoms with Gasteiger partial charge in [-0.05, 0) is 37.3 Å². The molecule has 0 radical (unpaired) electrons. The maximum absolute atomic E-state index is 5.87. The average molecular weight is 217 g/mol. The molecule has 1 heterocycles. The van der Waals surface area contributed by atoms with Gasteiger partial charge in [-0.15, -0.1) is 0 Å². The molecular formula is C14H19NO. The molecular weight excluding hydrogens is 198 g/mol. The number of hydrogen-bond acceptors (Lipinski definition) is 2. The topological polar surface area (TPSA) is 21.3 Å². The van der Waals surface area contributed by atoms with Crippen molar-refractivity contribution >= 4 is 0 Å². The van der Waals surface area contributed by atoms with E-state index in [-0.39, 0.29) is 6.10 Å². The first-order valence-corrected chi connectivity index (χ1v) is 6.21. The van der Waals surface area contributed by atoms with E-state index in [1.165, 1.54) is 24.0 Å². The van der Waals surface area contributed by atoms with Crippen LogP contribution in [0.5, 0.6) is 0 Å². The van der Waals surface area contributed by atoms with E-state index < -0.39 is 0 Å². The van der Waals surface area contributed by atoms with E-state index >= 15 is 0 Å². The van der Waals surface area contributed by atoms with Gasteiger partial charge in [0.05, 0.1) is 12.7 Å². The summed E-state index contributed by atoms with van der Waals surface area (Å²) in [7, 11) is 0. The van der Waals surface area contributed by atoms with Crippen LogP contribution in [0, 0.1) is 0 Å². The second-order valence-electron chi connectivity index (χ2n) is 5.25. The zero-order valence-electron chi connectivity index (χ0n) is 9.83. The highest BCUT2D eigenvalue weighted by atomic mass is 16.5. The van der Waals surface area contributed by atoms with Crippen molar-refractivity contribution in [2.45, 2.75) is 37.8 Å². The van der Waals surface area contributed by atoms with E-state index in [2.05, 4.69) is 36.5 Å². The Morgan fingerprint density at radius 1 is 1.38 bits per heavy atom. The largest absolute Gasteiger partial charge is 0.372 e. The molecule has 1 aromatic rings. The van der Waals surface area contributed by atoms with E-state index in [0.29, 0.717) is 5.54 Å². The third-order valence-electron chi connectivity index (χ3n) is 3.81. The van der Waals surface area contributed by atoms with Crippen LogP contribution in [0.3, 0.4) is 0 Å². The van der Waals surface area contributed by atoms with E-state index in [0.717, 1.165) is 19.6 Å². The summed E-state index contributed by atoms with van der Waals surface area (Å²) in [6.07, 6.45) is 3.93. The summed E-state index contributed by atoms with van der Waals surface area (Å²) in [5.74, 6) is 0. The fourth-order valence-electron chi connectivity index (χ4n) is 2.35. The molecule has 16 heavy (non-hydrogen) atoms. The van der Waals surface area contributed by atoms with Crippen LogP contribution in [0.4, 0.5) is 0 Å². The standard InChI is InChI=1S/C14H19NO/c1-14(7-8-14)15-10-13-12-5-3-2-4-11(12)6-9-16-13/h2-5,13,15H,6-10H2,1H3. The van der Waals surface area contributed by atoms with Gasteiger partial charge in [0.15, 0.2) is 0 Å². The third-order valence-corrected chi connectivity index (χ3v) is 3.81. The summed E-state index contributed by atoms with van der Waals surface area (Å²) in [5, 5.41) is 3.62. The van der Waals surface area contributed by atoms with Crippen molar-refractivity contribution in [1.82, 2.24) is 5.32 Å². The van der Waals surface area contributed by atoms with Gasteiger partial charge in [-0.25, -0.2) is 0 Å². The highest BCUT2D eigenvalue weighted by molar-refractivity contribution is 5.31. The summed E-state index contributed by atoms with van der Waals surface area (Å²) < 4.78 is 5.87. The second-order valence-corrected chi connectivity index (χ2v) is 5.25. The Morgan fingerprint density at radius 2 is 2.19 bits per heavy atom. The van der Waals surface area contributed by atoms with Crippen LogP contribution in [0.1, 0.15) is 37.0 Å². The number of rotatable bonds is 3. The average Bonchev–Trinajstić information content (AvgIpc) is 3.05. The number of benzene rings is 1. The molecule has 1 aliphatic carbocycles. The molecule has 0 saturated heterocycles. The molecule has 1 aromatic carbocycles. The molecule has 1 N–H and O–H groups in total. The Kier molecular flexibility index (Phi) is 2.49.